The quantitative estimate of drug-likeness (QED) is 0.873. The van der Waals surface area contributed by atoms with Crippen molar-refractivity contribution in [3.05, 3.63) is 24.4 Å². The fraction of sp³-hybridized carbons (Fsp3) is 0.643. The average molecular weight is 248 g/mol. The smallest absolute Gasteiger partial charge is 0.128 e. The van der Waals surface area contributed by atoms with Crippen LogP contribution in [-0.2, 0) is 0 Å². The lowest BCUT2D eigenvalue weighted by atomic mass is 9.95. The zero-order valence-electron chi connectivity index (χ0n) is 11.5. The van der Waals surface area contributed by atoms with Crippen LogP contribution in [0.1, 0.15) is 20.3 Å². The van der Waals surface area contributed by atoms with Crippen LogP contribution in [0.15, 0.2) is 24.4 Å². The highest BCUT2D eigenvalue weighted by atomic mass is 15.3. The van der Waals surface area contributed by atoms with Gasteiger partial charge in [0.1, 0.15) is 5.82 Å². The molecule has 1 saturated heterocycles. The molecule has 100 valence electrons. The molecule has 0 amide bonds. The van der Waals surface area contributed by atoms with Crippen LogP contribution in [-0.4, -0.2) is 48.1 Å². The SMILES string of the molecule is CCC(C)(CN)N1CCN(c2ccccn2)CC1. The van der Waals surface area contributed by atoms with E-state index < -0.39 is 0 Å². The van der Waals surface area contributed by atoms with Gasteiger partial charge in [-0.15, -0.1) is 0 Å². The Morgan fingerprint density at radius 2 is 2.00 bits per heavy atom. The highest BCUT2D eigenvalue weighted by molar-refractivity contribution is 5.38. The molecule has 0 radical (unpaired) electrons. The Morgan fingerprint density at radius 1 is 1.28 bits per heavy atom. The van der Waals surface area contributed by atoms with Crippen LogP contribution in [0.2, 0.25) is 0 Å². The summed E-state index contributed by atoms with van der Waals surface area (Å²) in [5, 5.41) is 0. The minimum Gasteiger partial charge on any atom is -0.354 e. The summed E-state index contributed by atoms with van der Waals surface area (Å²) in [5.41, 5.74) is 6.08. The fourth-order valence-corrected chi connectivity index (χ4v) is 2.51. The van der Waals surface area contributed by atoms with Gasteiger partial charge in [0.25, 0.3) is 0 Å². The predicted octanol–water partition coefficient (Wildman–Crippen LogP) is 1.33. The molecule has 1 fully saturated rings. The molecule has 0 spiro atoms. The van der Waals surface area contributed by atoms with Crippen molar-refractivity contribution in [2.45, 2.75) is 25.8 Å². The lowest BCUT2D eigenvalue weighted by Crippen LogP contribution is -2.58. The highest BCUT2D eigenvalue weighted by Gasteiger charge is 2.31. The zero-order valence-corrected chi connectivity index (χ0v) is 11.5. The first-order valence-electron chi connectivity index (χ1n) is 6.81. The number of nitrogens with zero attached hydrogens (tertiary/aromatic N) is 3. The first kappa shape index (κ1) is 13.3. The lowest BCUT2D eigenvalue weighted by Gasteiger charge is -2.45. The molecule has 1 aromatic rings. The van der Waals surface area contributed by atoms with Crippen molar-refractivity contribution >= 4 is 5.82 Å². The van der Waals surface area contributed by atoms with E-state index in [1.807, 2.05) is 18.3 Å². The summed E-state index contributed by atoms with van der Waals surface area (Å²) in [6, 6.07) is 6.09. The van der Waals surface area contributed by atoms with E-state index in [2.05, 4.69) is 34.7 Å². The largest absolute Gasteiger partial charge is 0.354 e. The van der Waals surface area contributed by atoms with Gasteiger partial charge in [0.2, 0.25) is 0 Å². The molecule has 1 aromatic heterocycles. The molecule has 1 unspecified atom stereocenters. The van der Waals surface area contributed by atoms with Gasteiger partial charge in [0, 0.05) is 44.5 Å². The summed E-state index contributed by atoms with van der Waals surface area (Å²) < 4.78 is 0. The predicted molar refractivity (Wildman–Crippen MR) is 75.8 cm³/mol. The van der Waals surface area contributed by atoms with Crippen LogP contribution in [0.5, 0.6) is 0 Å². The van der Waals surface area contributed by atoms with Gasteiger partial charge in [-0.1, -0.05) is 13.0 Å². The molecular weight excluding hydrogens is 224 g/mol. The minimum absolute atomic E-state index is 0.149. The summed E-state index contributed by atoms with van der Waals surface area (Å²) in [7, 11) is 0. The monoisotopic (exact) mass is 248 g/mol. The standard InChI is InChI=1S/C14H24N4/c1-3-14(2,12-15)18-10-8-17(9-11-18)13-6-4-5-7-16-13/h4-7H,3,8-12,15H2,1-2H3. The molecule has 4 nitrogen and oxygen atoms in total. The van der Waals surface area contributed by atoms with Crippen molar-refractivity contribution in [3.63, 3.8) is 0 Å². The average Bonchev–Trinajstić information content (AvgIpc) is 2.47. The van der Waals surface area contributed by atoms with Crippen LogP contribution in [0.4, 0.5) is 5.82 Å². The Morgan fingerprint density at radius 3 is 2.50 bits per heavy atom. The minimum atomic E-state index is 0.149. The third-order valence-corrected chi connectivity index (χ3v) is 4.22. The first-order valence-corrected chi connectivity index (χ1v) is 6.81. The number of nitrogens with two attached hydrogens (primary N) is 1. The van der Waals surface area contributed by atoms with Crippen LogP contribution in [0, 0.1) is 0 Å². The van der Waals surface area contributed by atoms with E-state index in [1.165, 1.54) is 0 Å². The normalized spacial score (nSPS) is 20.7. The van der Waals surface area contributed by atoms with Crippen molar-refractivity contribution < 1.29 is 0 Å². The molecule has 4 heteroatoms. The molecule has 1 aliphatic rings. The first-order chi connectivity index (χ1) is 8.69. The topological polar surface area (TPSA) is 45.4 Å². The van der Waals surface area contributed by atoms with E-state index in [1.54, 1.807) is 0 Å². The maximum atomic E-state index is 5.93. The molecule has 1 aliphatic heterocycles. The molecule has 0 bridgehead atoms. The molecule has 2 N–H and O–H groups in total. The van der Waals surface area contributed by atoms with Crippen molar-refractivity contribution in [3.8, 4) is 0 Å². The molecular formula is C14H24N4. The Bertz CT molecular complexity index is 353. The van der Waals surface area contributed by atoms with Gasteiger partial charge in [-0.2, -0.15) is 0 Å². The number of piperazine rings is 1. The van der Waals surface area contributed by atoms with Gasteiger partial charge in [-0.05, 0) is 25.5 Å². The van der Waals surface area contributed by atoms with E-state index in [9.17, 15) is 0 Å². The molecule has 0 saturated carbocycles. The van der Waals surface area contributed by atoms with Gasteiger partial charge in [0.05, 0.1) is 0 Å². The van der Waals surface area contributed by atoms with Crippen LogP contribution < -0.4 is 10.6 Å². The molecule has 2 heterocycles. The lowest BCUT2D eigenvalue weighted by molar-refractivity contribution is 0.0986. The van der Waals surface area contributed by atoms with E-state index in [0.29, 0.717) is 0 Å². The van der Waals surface area contributed by atoms with Gasteiger partial charge in [-0.3, -0.25) is 4.90 Å². The second-order valence-corrected chi connectivity index (χ2v) is 5.22. The van der Waals surface area contributed by atoms with Crippen LogP contribution >= 0.6 is 0 Å². The summed E-state index contributed by atoms with van der Waals surface area (Å²) in [6.45, 7) is 9.42. The third-order valence-electron chi connectivity index (χ3n) is 4.22. The number of aromatic nitrogens is 1. The van der Waals surface area contributed by atoms with Crippen LogP contribution in [0.25, 0.3) is 0 Å². The number of anilines is 1. The fourth-order valence-electron chi connectivity index (χ4n) is 2.51. The zero-order chi connectivity index (χ0) is 13.0. The molecule has 0 aromatic carbocycles. The van der Waals surface area contributed by atoms with E-state index in [-0.39, 0.29) is 5.54 Å². The van der Waals surface area contributed by atoms with Gasteiger partial charge >= 0.3 is 0 Å². The second kappa shape index (κ2) is 5.67. The van der Waals surface area contributed by atoms with Crippen molar-refractivity contribution in [1.29, 1.82) is 0 Å². The summed E-state index contributed by atoms with van der Waals surface area (Å²) in [4.78, 5) is 9.28. The molecule has 1 atom stereocenters. The Kier molecular flexibility index (Phi) is 4.19. The van der Waals surface area contributed by atoms with Gasteiger partial charge in [0.15, 0.2) is 0 Å². The number of pyridine rings is 1. The van der Waals surface area contributed by atoms with E-state index in [0.717, 1.165) is 45.0 Å². The maximum Gasteiger partial charge on any atom is 0.128 e. The van der Waals surface area contributed by atoms with E-state index >= 15 is 0 Å². The summed E-state index contributed by atoms with van der Waals surface area (Å²) >= 11 is 0. The van der Waals surface area contributed by atoms with Crippen LogP contribution in [0.3, 0.4) is 0 Å². The molecule has 18 heavy (non-hydrogen) atoms. The van der Waals surface area contributed by atoms with Crippen molar-refractivity contribution in [1.82, 2.24) is 9.88 Å². The molecule has 0 aliphatic carbocycles. The number of rotatable bonds is 4. The Labute approximate surface area is 110 Å². The number of hydrogen-bond donors (Lipinski definition) is 1. The second-order valence-electron chi connectivity index (χ2n) is 5.22. The van der Waals surface area contributed by atoms with Gasteiger partial charge in [-0.25, -0.2) is 4.98 Å². The summed E-state index contributed by atoms with van der Waals surface area (Å²) in [5.74, 6) is 1.09. The highest BCUT2D eigenvalue weighted by Crippen LogP contribution is 2.21. The number of hydrogen-bond acceptors (Lipinski definition) is 4. The maximum absolute atomic E-state index is 5.93. The third kappa shape index (κ3) is 2.65. The Hall–Kier alpha value is -1.13. The molecule has 2 rings (SSSR count). The van der Waals surface area contributed by atoms with Gasteiger partial charge < -0.3 is 10.6 Å². The van der Waals surface area contributed by atoms with Crippen molar-refractivity contribution in [2.24, 2.45) is 5.73 Å². The van der Waals surface area contributed by atoms with E-state index in [4.69, 9.17) is 5.73 Å². The summed E-state index contributed by atoms with van der Waals surface area (Å²) in [6.07, 6.45) is 2.96. The Balaban J connectivity index is 1.96. The van der Waals surface area contributed by atoms with Crippen molar-refractivity contribution in [2.75, 3.05) is 37.6 Å².